The third-order valence-corrected chi connectivity index (χ3v) is 7.39. The number of benzene rings is 3. The fourth-order valence-electron chi connectivity index (χ4n) is 5.51. The summed E-state index contributed by atoms with van der Waals surface area (Å²) in [4.78, 5) is 0. The molecular weight excluding hydrogens is 432 g/mol. The van der Waals surface area contributed by atoms with Gasteiger partial charge in [-0.05, 0) is 49.8 Å². The maximum Gasteiger partial charge on any atom is 0.149 e. The van der Waals surface area contributed by atoms with Gasteiger partial charge in [0.15, 0.2) is 0 Å². The number of hydrogen-bond donors (Lipinski definition) is 0. The lowest BCUT2D eigenvalue weighted by molar-refractivity contribution is 0.665. The second kappa shape index (κ2) is 5.96. The van der Waals surface area contributed by atoms with Crippen molar-refractivity contribution < 1.29 is 4.42 Å². The van der Waals surface area contributed by atoms with Crippen LogP contribution in [0.15, 0.2) is 106 Å². The van der Waals surface area contributed by atoms with E-state index in [9.17, 15) is 0 Å². The highest BCUT2D eigenvalue weighted by atomic mass is 79.9. The molecule has 4 aromatic rings. The van der Waals surface area contributed by atoms with Gasteiger partial charge in [-0.1, -0.05) is 85.0 Å². The van der Waals surface area contributed by atoms with Crippen molar-refractivity contribution in [3.05, 3.63) is 118 Å². The lowest BCUT2D eigenvalue weighted by Crippen LogP contribution is -2.15. The monoisotopic (exact) mass is 448 g/mol. The van der Waals surface area contributed by atoms with Gasteiger partial charge in [0.25, 0.3) is 0 Å². The van der Waals surface area contributed by atoms with E-state index in [0.717, 1.165) is 26.4 Å². The van der Waals surface area contributed by atoms with Crippen LogP contribution >= 0.6 is 15.9 Å². The summed E-state index contributed by atoms with van der Waals surface area (Å²) in [5, 5.41) is 2.32. The smallest absolute Gasteiger partial charge is 0.149 e. The molecular formula is C28H17BrO. The molecule has 0 radical (unpaired) electrons. The molecule has 1 nitrogen and oxygen atoms in total. The highest BCUT2D eigenvalue weighted by molar-refractivity contribution is 9.10. The predicted octanol–water partition coefficient (Wildman–Crippen LogP) is 8.04. The Morgan fingerprint density at radius 2 is 1.50 bits per heavy atom. The molecule has 0 N–H and O–H groups in total. The first-order valence-corrected chi connectivity index (χ1v) is 11.1. The van der Waals surface area contributed by atoms with Crippen molar-refractivity contribution in [3.63, 3.8) is 0 Å². The third-order valence-electron chi connectivity index (χ3n) is 6.76. The van der Waals surface area contributed by atoms with Crippen LogP contribution < -0.4 is 0 Å². The fourth-order valence-corrected chi connectivity index (χ4v) is 5.96. The first-order chi connectivity index (χ1) is 14.8. The van der Waals surface area contributed by atoms with Crippen LogP contribution in [0.3, 0.4) is 0 Å². The van der Waals surface area contributed by atoms with E-state index in [4.69, 9.17) is 4.42 Å². The number of rotatable bonds is 1. The summed E-state index contributed by atoms with van der Waals surface area (Å²) in [6, 6.07) is 21.6. The molecule has 2 atom stereocenters. The van der Waals surface area contributed by atoms with Crippen LogP contribution in [0.2, 0.25) is 0 Å². The summed E-state index contributed by atoms with van der Waals surface area (Å²) in [7, 11) is 0. The first kappa shape index (κ1) is 16.7. The number of hydrogen-bond acceptors (Lipinski definition) is 1. The summed E-state index contributed by atoms with van der Waals surface area (Å²) >= 11 is 3.65. The predicted molar refractivity (Wildman–Crippen MR) is 127 cm³/mol. The van der Waals surface area contributed by atoms with E-state index in [1.165, 1.54) is 33.4 Å². The highest BCUT2D eigenvalue weighted by Gasteiger charge is 2.40. The van der Waals surface area contributed by atoms with Crippen molar-refractivity contribution in [1.29, 1.82) is 0 Å². The lowest BCUT2D eigenvalue weighted by Gasteiger charge is -2.29. The number of para-hydroxylation sites is 2. The van der Waals surface area contributed by atoms with Crippen LogP contribution in [0, 0.1) is 5.92 Å². The molecule has 0 amide bonds. The zero-order chi connectivity index (χ0) is 19.8. The van der Waals surface area contributed by atoms with Crippen molar-refractivity contribution in [1.82, 2.24) is 0 Å². The Balaban J connectivity index is 1.50. The largest absolute Gasteiger partial charge is 0.454 e. The second-order valence-corrected chi connectivity index (χ2v) is 9.06. The van der Waals surface area contributed by atoms with Gasteiger partial charge in [0.2, 0.25) is 0 Å². The molecule has 0 aliphatic heterocycles. The quantitative estimate of drug-likeness (QED) is 0.287. The molecule has 1 aromatic heterocycles. The number of halogens is 1. The van der Waals surface area contributed by atoms with Crippen molar-refractivity contribution in [2.24, 2.45) is 5.92 Å². The maximum absolute atomic E-state index is 6.42. The number of furan rings is 1. The molecule has 0 saturated heterocycles. The van der Waals surface area contributed by atoms with Gasteiger partial charge in [-0.2, -0.15) is 0 Å². The van der Waals surface area contributed by atoms with Crippen molar-refractivity contribution in [3.8, 4) is 0 Å². The molecule has 0 fully saturated rings. The maximum atomic E-state index is 6.42. The molecule has 2 heteroatoms. The van der Waals surface area contributed by atoms with E-state index in [1.54, 1.807) is 0 Å². The SMILES string of the molecule is Brc1cccc2c1oc1c(C3=CC=C4c5ccccc5C5C=CC=C3C45)cccc12. The molecule has 3 aromatic carbocycles. The molecule has 142 valence electrons. The van der Waals surface area contributed by atoms with Gasteiger partial charge in [-0.25, -0.2) is 0 Å². The average Bonchev–Trinajstić information content (AvgIpc) is 3.33. The molecule has 0 saturated carbocycles. The Kier molecular flexibility index (Phi) is 3.31. The van der Waals surface area contributed by atoms with Crippen LogP contribution in [0.25, 0.3) is 33.1 Å². The molecule has 7 rings (SSSR count). The minimum atomic E-state index is 0.388. The number of allylic oxidation sites excluding steroid dienone is 8. The van der Waals surface area contributed by atoms with E-state index in [0.29, 0.717) is 11.8 Å². The van der Waals surface area contributed by atoms with Gasteiger partial charge in [0.1, 0.15) is 11.2 Å². The van der Waals surface area contributed by atoms with Crippen LogP contribution in [0.4, 0.5) is 0 Å². The van der Waals surface area contributed by atoms with Crippen molar-refractivity contribution in [2.45, 2.75) is 5.92 Å². The Labute approximate surface area is 182 Å². The molecule has 3 aliphatic carbocycles. The summed E-state index contributed by atoms with van der Waals surface area (Å²) < 4.78 is 7.42. The normalized spacial score (nSPS) is 21.3. The fraction of sp³-hybridized carbons (Fsp3) is 0.0714. The molecule has 30 heavy (non-hydrogen) atoms. The minimum Gasteiger partial charge on any atom is -0.454 e. The van der Waals surface area contributed by atoms with Gasteiger partial charge < -0.3 is 4.42 Å². The zero-order valence-corrected chi connectivity index (χ0v) is 17.7. The summed E-state index contributed by atoms with van der Waals surface area (Å²) in [6.07, 6.45) is 11.5. The van der Waals surface area contributed by atoms with Crippen LogP contribution in [-0.2, 0) is 0 Å². The standard InChI is InChI=1S/C28H17BrO/c29-25-13-5-12-24-23-11-4-10-22(27(23)30-28(24)25)18-14-15-21-17-7-2-1-6-16(17)19-8-3-9-20(18)26(19)21/h1-15,19,26H. The second-order valence-electron chi connectivity index (χ2n) is 8.20. The van der Waals surface area contributed by atoms with Gasteiger partial charge in [-0.3, -0.25) is 0 Å². The van der Waals surface area contributed by atoms with Gasteiger partial charge in [0.05, 0.1) is 4.47 Å². The molecule has 2 unspecified atom stereocenters. The van der Waals surface area contributed by atoms with E-state index in [-0.39, 0.29) is 0 Å². The van der Waals surface area contributed by atoms with E-state index in [2.05, 4.69) is 101 Å². The van der Waals surface area contributed by atoms with Gasteiger partial charge in [-0.15, -0.1) is 0 Å². The molecule has 1 heterocycles. The molecule has 0 bridgehead atoms. The van der Waals surface area contributed by atoms with Crippen LogP contribution in [-0.4, -0.2) is 0 Å². The first-order valence-electron chi connectivity index (χ1n) is 10.3. The Morgan fingerprint density at radius 1 is 0.700 bits per heavy atom. The minimum absolute atomic E-state index is 0.388. The summed E-state index contributed by atoms with van der Waals surface area (Å²) in [5.74, 6) is 0.805. The van der Waals surface area contributed by atoms with Gasteiger partial charge >= 0.3 is 0 Å². The summed E-state index contributed by atoms with van der Waals surface area (Å²) in [6.45, 7) is 0. The zero-order valence-electron chi connectivity index (χ0n) is 16.1. The number of fused-ring (bicyclic) bond motifs is 6. The Morgan fingerprint density at radius 3 is 2.43 bits per heavy atom. The average molecular weight is 449 g/mol. The van der Waals surface area contributed by atoms with Crippen LogP contribution in [0.5, 0.6) is 0 Å². The molecule has 3 aliphatic rings. The van der Waals surface area contributed by atoms with Crippen molar-refractivity contribution >= 4 is 49.0 Å². The van der Waals surface area contributed by atoms with Crippen LogP contribution in [0.1, 0.15) is 22.6 Å². The Hall–Kier alpha value is -3.10. The van der Waals surface area contributed by atoms with Gasteiger partial charge in [0, 0.05) is 28.2 Å². The Bertz CT molecular complexity index is 1510. The van der Waals surface area contributed by atoms with Crippen molar-refractivity contribution in [2.75, 3.05) is 0 Å². The van der Waals surface area contributed by atoms with E-state index in [1.807, 2.05) is 6.07 Å². The summed E-state index contributed by atoms with van der Waals surface area (Å²) in [5.41, 5.74) is 9.98. The highest BCUT2D eigenvalue weighted by Crippen LogP contribution is 2.56. The lowest BCUT2D eigenvalue weighted by atomic mass is 9.73. The topological polar surface area (TPSA) is 13.1 Å². The van der Waals surface area contributed by atoms with E-state index >= 15 is 0 Å². The third kappa shape index (κ3) is 2.07. The molecule has 0 spiro atoms. The van der Waals surface area contributed by atoms with E-state index < -0.39 is 0 Å².